The second kappa shape index (κ2) is 7.53. The molecule has 0 aliphatic rings. The lowest BCUT2D eigenvalue weighted by Crippen LogP contribution is -2.20. The first kappa shape index (κ1) is 17.9. The number of ether oxygens (including phenoxy) is 2. The Bertz CT molecular complexity index is 1040. The minimum absolute atomic E-state index is 0.266. The van der Waals surface area contributed by atoms with Crippen molar-refractivity contribution >= 4 is 38.7 Å². The third-order valence-electron chi connectivity index (χ3n) is 3.66. The number of fused-ring (bicyclic) bond motifs is 1. The van der Waals surface area contributed by atoms with E-state index in [2.05, 4.69) is 15.9 Å². The molecule has 1 heterocycles. The third kappa shape index (κ3) is 3.83. The highest BCUT2D eigenvalue weighted by molar-refractivity contribution is 9.10. The average Bonchev–Trinajstić information content (AvgIpc) is 2.65. The molecule has 6 nitrogen and oxygen atoms in total. The van der Waals surface area contributed by atoms with Crippen LogP contribution in [0.4, 0.5) is 0 Å². The van der Waals surface area contributed by atoms with Gasteiger partial charge in [0, 0.05) is 15.4 Å². The molecule has 3 rings (SSSR count). The lowest BCUT2D eigenvalue weighted by molar-refractivity contribution is 0.0470. The maximum absolute atomic E-state index is 12.2. The molecule has 0 atom stereocenters. The highest BCUT2D eigenvalue weighted by Crippen LogP contribution is 2.19. The van der Waals surface area contributed by atoms with Crippen LogP contribution in [0, 0.1) is 0 Å². The van der Waals surface area contributed by atoms with Gasteiger partial charge in [0.2, 0.25) is 0 Å². The molecule has 0 amide bonds. The second-order valence-corrected chi connectivity index (χ2v) is 6.27. The van der Waals surface area contributed by atoms with Gasteiger partial charge in [-0.3, -0.25) is 4.79 Å². The molecule has 3 aromatic rings. The molecule has 0 radical (unpaired) electrons. The number of methoxy groups -OCH3 is 1. The molecule has 2 aromatic carbocycles. The van der Waals surface area contributed by atoms with Crippen molar-refractivity contribution in [2.75, 3.05) is 13.7 Å². The molecule has 0 spiro atoms. The number of Topliss-reactive ketones (excluding diaryl/α,β-unsaturated/α-hetero) is 1. The lowest BCUT2D eigenvalue weighted by atomic mass is 10.1. The quantitative estimate of drug-likeness (QED) is 0.359. The van der Waals surface area contributed by atoms with Gasteiger partial charge in [-0.15, -0.1) is 0 Å². The van der Waals surface area contributed by atoms with E-state index >= 15 is 0 Å². The van der Waals surface area contributed by atoms with Gasteiger partial charge in [-0.2, -0.15) is 0 Å². The fourth-order valence-corrected chi connectivity index (χ4v) is 2.68. The first-order valence-electron chi connectivity index (χ1n) is 7.56. The van der Waals surface area contributed by atoms with Crippen LogP contribution in [-0.4, -0.2) is 25.5 Å². The molecule has 0 saturated carbocycles. The van der Waals surface area contributed by atoms with Gasteiger partial charge in [0.25, 0.3) is 0 Å². The summed E-state index contributed by atoms with van der Waals surface area (Å²) < 4.78 is 15.9. The Labute approximate surface area is 156 Å². The van der Waals surface area contributed by atoms with E-state index in [0.29, 0.717) is 22.3 Å². The number of ketones is 1. The van der Waals surface area contributed by atoms with E-state index in [-0.39, 0.29) is 5.56 Å². The van der Waals surface area contributed by atoms with E-state index in [1.54, 1.807) is 42.5 Å². The monoisotopic (exact) mass is 416 g/mol. The highest BCUT2D eigenvalue weighted by Gasteiger charge is 2.17. The smallest absolute Gasteiger partial charge is 0.351 e. The zero-order chi connectivity index (χ0) is 18.7. The van der Waals surface area contributed by atoms with Gasteiger partial charge in [0.15, 0.2) is 12.4 Å². The van der Waals surface area contributed by atoms with E-state index in [1.807, 2.05) is 0 Å². The van der Waals surface area contributed by atoms with Crippen LogP contribution in [0.5, 0.6) is 5.75 Å². The molecule has 0 bridgehead atoms. The van der Waals surface area contributed by atoms with Gasteiger partial charge in [0.05, 0.1) is 7.11 Å². The van der Waals surface area contributed by atoms with Crippen LogP contribution in [0.3, 0.4) is 0 Å². The molecular formula is C19H13BrO6. The summed E-state index contributed by atoms with van der Waals surface area (Å²) in [6, 6.07) is 12.8. The Morgan fingerprint density at radius 3 is 2.50 bits per heavy atom. The van der Waals surface area contributed by atoms with Crippen molar-refractivity contribution in [1.29, 1.82) is 0 Å². The summed E-state index contributed by atoms with van der Waals surface area (Å²) in [4.78, 5) is 36.2. The van der Waals surface area contributed by atoms with Gasteiger partial charge in [-0.25, -0.2) is 9.59 Å². The molecular weight excluding hydrogens is 404 g/mol. The predicted molar refractivity (Wildman–Crippen MR) is 97.8 cm³/mol. The normalized spacial score (nSPS) is 10.5. The number of carbonyl (C=O) groups is 2. The first-order valence-corrected chi connectivity index (χ1v) is 8.35. The van der Waals surface area contributed by atoms with Crippen LogP contribution in [0.15, 0.2) is 62.2 Å². The molecule has 26 heavy (non-hydrogen) atoms. The summed E-state index contributed by atoms with van der Waals surface area (Å²) in [6.45, 7) is -0.485. The average molecular weight is 417 g/mol. The Morgan fingerprint density at radius 1 is 1.08 bits per heavy atom. The van der Waals surface area contributed by atoms with Crippen molar-refractivity contribution in [2.45, 2.75) is 0 Å². The molecule has 1 aromatic heterocycles. The van der Waals surface area contributed by atoms with Crippen molar-refractivity contribution in [2.24, 2.45) is 0 Å². The van der Waals surface area contributed by atoms with E-state index < -0.39 is 24.0 Å². The third-order valence-corrected chi connectivity index (χ3v) is 4.15. The van der Waals surface area contributed by atoms with Crippen molar-refractivity contribution in [1.82, 2.24) is 0 Å². The van der Waals surface area contributed by atoms with Crippen LogP contribution < -0.4 is 10.4 Å². The summed E-state index contributed by atoms with van der Waals surface area (Å²) in [5.74, 6) is -0.699. The molecule has 0 saturated heterocycles. The van der Waals surface area contributed by atoms with Gasteiger partial charge < -0.3 is 13.9 Å². The van der Waals surface area contributed by atoms with Crippen molar-refractivity contribution in [3.8, 4) is 5.75 Å². The topological polar surface area (TPSA) is 82.8 Å². The maximum Gasteiger partial charge on any atom is 0.351 e. The number of benzene rings is 2. The Hall–Kier alpha value is -2.93. The van der Waals surface area contributed by atoms with Crippen LogP contribution in [0.2, 0.25) is 0 Å². The number of hydrogen-bond acceptors (Lipinski definition) is 6. The minimum atomic E-state index is -0.914. The molecule has 0 unspecified atom stereocenters. The summed E-state index contributed by atoms with van der Waals surface area (Å²) >= 11 is 3.31. The second-order valence-electron chi connectivity index (χ2n) is 5.36. The van der Waals surface area contributed by atoms with Gasteiger partial charge in [0.1, 0.15) is 16.9 Å². The standard InChI is InChI=1S/C19H13BrO6/c1-24-14-5-2-11(3-6-14)16(21)10-25-18(22)15-9-12-8-13(20)4-7-17(12)26-19(15)23/h2-9H,10H2,1H3. The number of esters is 1. The number of rotatable bonds is 5. The Balaban J connectivity index is 1.75. The minimum Gasteiger partial charge on any atom is -0.497 e. The van der Waals surface area contributed by atoms with E-state index in [1.165, 1.54) is 13.2 Å². The Morgan fingerprint density at radius 2 is 1.81 bits per heavy atom. The van der Waals surface area contributed by atoms with E-state index in [9.17, 15) is 14.4 Å². The molecule has 7 heteroatoms. The highest BCUT2D eigenvalue weighted by atomic mass is 79.9. The van der Waals surface area contributed by atoms with Crippen LogP contribution in [-0.2, 0) is 4.74 Å². The van der Waals surface area contributed by atoms with Crippen LogP contribution in [0.1, 0.15) is 20.7 Å². The predicted octanol–water partition coefficient (Wildman–Crippen LogP) is 3.60. The van der Waals surface area contributed by atoms with Gasteiger partial charge in [-0.05, 0) is 48.5 Å². The SMILES string of the molecule is COc1ccc(C(=O)COC(=O)c2cc3cc(Br)ccc3oc2=O)cc1. The Kier molecular flexibility index (Phi) is 5.18. The van der Waals surface area contributed by atoms with E-state index in [0.717, 1.165) is 4.47 Å². The van der Waals surface area contributed by atoms with Crippen molar-refractivity contribution in [3.05, 3.63) is 74.6 Å². The van der Waals surface area contributed by atoms with Gasteiger partial charge in [-0.1, -0.05) is 15.9 Å². The molecule has 132 valence electrons. The number of hydrogen-bond donors (Lipinski definition) is 0. The van der Waals surface area contributed by atoms with Crippen LogP contribution in [0.25, 0.3) is 11.0 Å². The largest absolute Gasteiger partial charge is 0.497 e. The molecule has 0 N–H and O–H groups in total. The fourth-order valence-electron chi connectivity index (χ4n) is 2.31. The zero-order valence-corrected chi connectivity index (χ0v) is 15.2. The lowest BCUT2D eigenvalue weighted by Gasteiger charge is -2.05. The summed E-state index contributed by atoms with van der Waals surface area (Å²) in [5.41, 5.74) is -0.364. The first-order chi connectivity index (χ1) is 12.5. The van der Waals surface area contributed by atoms with E-state index in [4.69, 9.17) is 13.9 Å². The zero-order valence-electron chi connectivity index (χ0n) is 13.7. The van der Waals surface area contributed by atoms with Crippen LogP contribution >= 0.6 is 15.9 Å². The fraction of sp³-hybridized carbons (Fsp3) is 0.105. The number of halogens is 1. The summed E-state index contributed by atoms with van der Waals surface area (Å²) in [6.07, 6.45) is 0. The maximum atomic E-state index is 12.2. The van der Waals surface area contributed by atoms with Crippen molar-refractivity contribution < 1.29 is 23.5 Å². The molecule has 0 aliphatic heterocycles. The van der Waals surface area contributed by atoms with Crippen molar-refractivity contribution in [3.63, 3.8) is 0 Å². The van der Waals surface area contributed by atoms with Gasteiger partial charge >= 0.3 is 11.6 Å². The number of carbonyl (C=O) groups excluding carboxylic acids is 2. The molecule has 0 fully saturated rings. The summed E-state index contributed by atoms with van der Waals surface area (Å²) in [7, 11) is 1.52. The summed E-state index contributed by atoms with van der Waals surface area (Å²) in [5, 5.41) is 0.562. The molecule has 0 aliphatic carbocycles.